The van der Waals surface area contributed by atoms with Crippen molar-refractivity contribution < 1.29 is 119 Å². The zero-order valence-electron chi connectivity index (χ0n) is 90.5. The molecular formula is C117H175F2O23S+. The van der Waals surface area contributed by atoms with Gasteiger partial charge in [0.1, 0.15) is 35.6 Å². The number of hydrogen-bond acceptors (Lipinski definition) is 23. The van der Waals surface area contributed by atoms with Crippen LogP contribution in [0.2, 0.25) is 0 Å². The van der Waals surface area contributed by atoms with E-state index in [1.807, 2.05) is 96.9 Å². The van der Waals surface area contributed by atoms with Gasteiger partial charge >= 0.3 is 65.6 Å². The van der Waals surface area contributed by atoms with Crippen LogP contribution < -0.4 is 0 Å². The average Bonchev–Trinajstić information content (AvgIpc) is 1.07. The van der Waals surface area contributed by atoms with Crippen LogP contribution in [0, 0.1) is 108 Å². The third kappa shape index (κ3) is 28.9. The molecule has 2 aliphatic heterocycles. The summed E-state index contributed by atoms with van der Waals surface area (Å²) < 4.78 is 92.3. The number of hydrogen-bond donors (Lipinski definition) is 1. The predicted octanol–water partition coefficient (Wildman–Crippen LogP) is 24.4. The molecule has 15 aliphatic carbocycles. The molecule has 3 aromatic carbocycles. The third-order valence-corrected chi connectivity index (χ3v) is 37.7. The Kier molecular flexibility index (Phi) is 38.8. The Labute approximate surface area is 855 Å². The predicted molar refractivity (Wildman–Crippen MR) is 542 cm³/mol. The summed E-state index contributed by atoms with van der Waals surface area (Å²) in [5, 5.41) is 10.6. The van der Waals surface area contributed by atoms with E-state index in [0.29, 0.717) is 87.7 Å². The summed E-state index contributed by atoms with van der Waals surface area (Å²) in [7, 11) is -0.0146. The van der Waals surface area contributed by atoms with Gasteiger partial charge in [0.25, 0.3) is 0 Å². The molecule has 800 valence electrons. The number of halogens is 2. The molecule has 3 aromatic rings. The molecule has 14 bridgehead atoms. The molecule has 17 fully saturated rings. The molecule has 2 heterocycles. The van der Waals surface area contributed by atoms with E-state index in [1.165, 1.54) is 72.5 Å². The highest BCUT2D eigenvalue weighted by molar-refractivity contribution is 7.97. The molecule has 2 saturated heterocycles. The maximum atomic E-state index is 13.3. The summed E-state index contributed by atoms with van der Waals surface area (Å²) in [6, 6.07) is 32.2. The van der Waals surface area contributed by atoms with Crippen molar-refractivity contribution in [1.29, 1.82) is 0 Å². The molecule has 15 saturated carbocycles. The lowest BCUT2D eigenvalue weighted by molar-refractivity contribution is -0.225. The summed E-state index contributed by atoms with van der Waals surface area (Å²) in [5.41, 5.74) is -4.16. The molecule has 0 spiro atoms. The summed E-state index contributed by atoms with van der Waals surface area (Å²) in [5.74, 6) is -1.42. The number of esters is 10. The molecule has 11 atom stereocenters. The highest BCUT2D eigenvalue weighted by atomic mass is 32.2. The van der Waals surface area contributed by atoms with E-state index in [4.69, 9.17) is 56.8 Å². The van der Waals surface area contributed by atoms with Gasteiger partial charge in [-0.1, -0.05) is 116 Å². The fourth-order valence-electron chi connectivity index (χ4n) is 25.4. The summed E-state index contributed by atoms with van der Waals surface area (Å²) in [6.45, 7) is 42.4. The number of rotatable bonds is 34. The lowest BCUT2D eigenvalue weighted by Gasteiger charge is -2.61. The van der Waals surface area contributed by atoms with E-state index in [0.717, 1.165) is 134 Å². The number of carbonyl (C=O) groups is 10. The first-order chi connectivity index (χ1) is 67.2. The van der Waals surface area contributed by atoms with E-state index in [2.05, 4.69) is 112 Å². The van der Waals surface area contributed by atoms with Crippen molar-refractivity contribution in [3.63, 3.8) is 0 Å². The third-order valence-electron chi connectivity index (χ3n) is 35.5. The Bertz CT molecular complexity index is 4590. The summed E-state index contributed by atoms with van der Waals surface area (Å²) in [4.78, 5) is 123. The Hall–Kier alpha value is -7.55. The second-order valence-electron chi connectivity index (χ2n) is 49.0. The molecule has 0 amide bonds. The van der Waals surface area contributed by atoms with Gasteiger partial charge in [-0.2, -0.15) is 8.78 Å². The van der Waals surface area contributed by atoms with Crippen LogP contribution in [0.25, 0.3) is 0 Å². The number of fused-ring (bicyclic) bond motifs is 1. The van der Waals surface area contributed by atoms with Gasteiger partial charge in [0, 0.05) is 37.0 Å². The van der Waals surface area contributed by atoms with Gasteiger partial charge < -0.3 is 61.9 Å². The number of cyclic esters (lactones) is 1. The second kappa shape index (κ2) is 48.0. The van der Waals surface area contributed by atoms with Crippen molar-refractivity contribution in [2.45, 2.75) is 432 Å². The minimum absolute atomic E-state index is 0.00636. The molecule has 11 unspecified atom stereocenters. The number of benzene rings is 3. The van der Waals surface area contributed by atoms with Gasteiger partial charge in [0.15, 0.2) is 27.6 Å². The summed E-state index contributed by atoms with van der Waals surface area (Å²) in [6.07, 6.45) is 30.8. The van der Waals surface area contributed by atoms with Crippen LogP contribution in [0.5, 0.6) is 0 Å². The largest absolute Gasteiger partial charge is 0.463 e. The van der Waals surface area contributed by atoms with Gasteiger partial charge in [0.05, 0.1) is 81.3 Å². The van der Waals surface area contributed by atoms with Crippen LogP contribution in [-0.2, 0) is 116 Å². The maximum Gasteiger partial charge on any atom is 0.376 e. The fraction of sp³-hybridized carbons (Fsp3) is 0.761. The molecule has 23 nitrogen and oxygen atoms in total. The normalized spacial score (nSPS) is 30.6. The van der Waals surface area contributed by atoms with Gasteiger partial charge in [-0.25, -0.2) is 14.4 Å². The van der Waals surface area contributed by atoms with Crippen LogP contribution in [0.1, 0.15) is 364 Å². The van der Waals surface area contributed by atoms with Crippen molar-refractivity contribution >= 4 is 70.6 Å². The van der Waals surface area contributed by atoms with Crippen LogP contribution in [0.3, 0.4) is 0 Å². The van der Waals surface area contributed by atoms with E-state index in [1.54, 1.807) is 27.7 Å². The van der Waals surface area contributed by atoms with Crippen molar-refractivity contribution in [2.24, 2.45) is 108 Å². The fourth-order valence-corrected chi connectivity index (χ4v) is 27.5. The number of aliphatic hydroxyl groups is 1. The van der Waals surface area contributed by atoms with Crippen molar-refractivity contribution in [1.82, 2.24) is 0 Å². The number of carbonyl (C=O) groups excluding carboxylic acids is 10. The Morgan fingerprint density at radius 3 is 1.34 bits per heavy atom. The first-order valence-corrected chi connectivity index (χ1v) is 55.6. The zero-order chi connectivity index (χ0) is 105. The number of alkyl halides is 2. The van der Waals surface area contributed by atoms with Crippen LogP contribution >= 0.6 is 0 Å². The van der Waals surface area contributed by atoms with Gasteiger partial charge in [-0.05, 0) is 372 Å². The average molecular weight is 2020 g/mol. The van der Waals surface area contributed by atoms with Crippen LogP contribution in [-0.4, -0.2) is 157 Å². The van der Waals surface area contributed by atoms with E-state index < -0.39 is 69.5 Å². The lowest BCUT2D eigenvalue weighted by Crippen LogP contribution is -2.61. The highest BCUT2D eigenvalue weighted by Crippen LogP contribution is 2.67. The molecule has 17 aliphatic rings. The SMILES string of the molecule is CCC(C)(C)C(=O)OC1(CC)C2CC3CC(C2)CC1C3.CCC(C)(C)C(=O)OC12CC3CC(CC(O)(C3)C1)C2.CCC(C)(C)C(=O)OC1CCOC1=O.CCC(C)(C)C(=O)OCC(=O)OC1C2CC3C(=O)OC1C3C2.CCC(C)(C)C(=O)OCCOC(C)OCC12CC3CC(CC(COC(=O)C(C)(F)F)(C3)C1)C2.CCC1(OC(=O)C(C)(C)CC)CCCCC1.c1ccc([S+](c2ccccc2)c2ccccc2)cc1. The standard InChI is InChI=1S/C25H40F2O6.C18H30O2.C18H15S.C16H22O6.C16H26O3.C14H26O2.C10H16O4/c1-6-22(3,4)20(28)31-8-7-30-17(2)32-15-24-10-18-9-19(11-24)13-25(12-18,14-24)16-33-21(29)23(5,26)27;1-5-17(3,4)16(19)20-18(6-2)14-8-12-7-13(10-14)11-15(18)9-12;1-4-10-16(11-5-1)19(17-12-6-2-7-13-17)18-14-8-3-9-15-18;1-4-16(2,3)15(19)20-7-11(17)21-12-8-5-9-10(6-8)14(18)22-13(9)12;1-4-14(2,3)13(17)19-16-8-11-5-12(9-16)7-15(18,6-11)10-16;1-5-13(3,4)12(15)16-14(6-2)10-8-7-9-11-14;1-4-10(2,3)9(12)14-7-5-6-13-8(7)11/h17-19H,6-16H2,1-5H3;12-15H,5-11H2,1-4H3;1-15H;8-10,12-13H,4-7H2,1-3H3;11-12,18H,4-10H2,1-3H3;5-11H2,1-4H3;7H,4-6H2,1-3H3/q;;+1;;;;. The zero-order valence-corrected chi connectivity index (χ0v) is 91.3. The van der Waals surface area contributed by atoms with Gasteiger partial charge in [-0.15, -0.1) is 0 Å². The minimum atomic E-state index is -3.46. The molecule has 143 heavy (non-hydrogen) atoms. The summed E-state index contributed by atoms with van der Waals surface area (Å²) >= 11 is 0. The first kappa shape index (κ1) is 116. The van der Waals surface area contributed by atoms with Gasteiger partial charge in [0.2, 0.25) is 6.10 Å². The van der Waals surface area contributed by atoms with Gasteiger partial charge in [-0.3, -0.25) is 33.6 Å². The monoisotopic (exact) mass is 2020 g/mol. The molecule has 1 N–H and O–H groups in total. The van der Waals surface area contributed by atoms with Crippen LogP contribution in [0.15, 0.2) is 106 Å². The molecular weight excluding hydrogens is 1840 g/mol. The van der Waals surface area contributed by atoms with E-state index in [9.17, 15) is 61.8 Å². The second-order valence-corrected chi connectivity index (χ2v) is 51.0. The molecule has 0 radical (unpaired) electrons. The quantitative estimate of drug-likeness (QED) is 0.0191. The van der Waals surface area contributed by atoms with Crippen LogP contribution in [0.4, 0.5) is 8.78 Å². The molecule has 20 rings (SSSR count). The maximum absolute atomic E-state index is 13.3. The first-order valence-electron chi connectivity index (χ1n) is 54.4. The Morgan fingerprint density at radius 2 is 0.888 bits per heavy atom. The van der Waals surface area contributed by atoms with E-state index in [-0.39, 0.29) is 142 Å². The number of ether oxygens (including phenoxy) is 12. The molecule has 26 heteroatoms. The minimum Gasteiger partial charge on any atom is -0.463 e. The lowest BCUT2D eigenvalue weighted by atomic mass is 9.44. The molecule has 0 aromatic heterocycles. The van der Waals surface area contributed by atoms with Crippen molar-refractivity contribution in [2.75, 3.05) is 39.6 Å². The van der Waals surface area contributed by atoms with E-state index >= 15 is 0 Å². The Morgan fingerprint density at radius 1 is 0.448 bits per heavy atom. The van der Waals surface area contributed by atoms with Crippen molar-refractivity contribution in [3.8, 4) is 0 Å². The Balaban J connectivity index is 0.000000162. The topological polar surface area (TPSA) is 302 Å². The highest BCUT2D eigenvalue weighted by Gasteiger charge is 2.65. The van der Waals surface area contributed by atoms with Crippen molar-refractivity contribution in [3.05, 3.63) is 91.0 Å². The smallest absolute Gasteiger partial charge is 0.376 e.